The van der Waals surface area contributed by atoms with Gasteiger partial charge < -0.3 is 10.6 Å². The summed E-state index contributed by atoms with van der Waals surface area (Å²) in [7, 11) is 0. The van der Waals surface area contributed by atoms with E-state index in [9.17, 15) is 4.79 Å². The molecule has 1 aliphatic heterocycles. The van der Waals surface area contributed by atoms with Crippen molar-refractivity contribution in [3.05, 3.63) is 0 Å². The lowest BCUT2D eigenvalue weighted by atomic mass is 9.78. The first kappa shape index (κ1) is 15.3. The molecule has 21 heavy (non-hydrogen) atoms. The molecule has 0 bridgehead atoms. The van der Waals surface area contributed by atoms with Crippen LogP contribution in [0.2, 0.25) is 0 Å². The zero-order valence-electron chi connectivity index (χ0n) is 13.6. The summed E-state index contributed by atoms with van der Waals surface area (Å²) in [6.45, 7) is 6.72. The third-order valence-electron chi connectivity index (χ3n) is 6.08. The fraction of sp³-hybridized carbons (Fsp3) is 0.941. The Labute approximate surface area is 129 Å². The number of fused-ring (bicyclic) bond motifs is 2. The minimum absolute atomic E-state index is 0.238. The van der Waals surface area contributed by atoms with Crippen molar-refractivity contribution in [1.82, 2.24) is 15.5 Å². The second kappa shape index (κ2) is 6.66. The van der Waals surface area contributed by atoms with Crippen LogP contribution in [0, 0.1) is 11.8 Å². The minimum atomic E-state index is 0.238. The first-order chi connectivity index (χ1) is 10.2. The van der Waals surface area contributed by atoms with Gasteiger partial charge in [0.25, 0.3) is 0 Å². The molecule has 4 atom stereocenters. The van der Waals surface area contributed by atoms with E-state index in [0.717, 1.165) is 13.1 Å². The smallest absolute Gasteiger partial charge is 0.234 e. The van der Waals surface area contributed by atoms with E-state index in [1.807, 2.05) is 0 Å². The van der Waals surface area contributed by atoms with Crippen molar-refractivity contribution in [2.24, 2.45) is 11.8 Å². The molecule has 3 aliphatic rings. The number of hydrogen-bond donors (Lipinski definition) is 2. The minimum Gasteiger partial charge on any atom is -0.352 e. The maximum Gasteiger partial charge on any atom is 0.234 e. The Morgan fingerprint density at radius 2 is 1.62 bits per heavy atom. The molecule has 4 nitrogen and oxygen atoms in total. The van der Waals surface area contributed by atoms with Crippen molar-refractivity contribution in [3.63, 3.8) is 0 Å². The van der Waals surface area contributed by atoms with Gasteiger partial charge in [-0.1, -0.05) is 26.7 Å². The molecule has 0 aromatic heterocycles. The van der Waals surface area contributed by atoms with Crippen LogP contribution in [0.3, 0.4) is 0 Å². The van der Waals surface area contributed by atoms with Crippen LogP contribution in [0.15, 0.2) is 0 Å². The molecule has 0 aromatic rings. The van der Waals surface area contributed by atoms with Crippen molar-refractivity contribution in [3.8, 4) is 0 Å². The monoisotopic (exact) mass is 293 g/mol. The summed E-state index contributed by atoms with van der Waals surface area (Å²) in [4.78, 5) is 14.6. The van der Waals surface area contributed by atoms with E-state index in [1.165, 1.54) is 38.5 Å². The van der Waals surface area contributed by atoms with Crippen LogP contribution in [0.25, 0.3) is 0 Å². The summed E-state index contributed by atoms with van der Waals surface area (Å²) in [5.41, 5.74) is 0. The lowest BCUT2D eigenvalue weighted by Crippen LogP contribution is -2.61. The molecule has 3 fully saturated rings. The fourth-order valence-electron chi connectivity index (χ4n) is 4.94. The molecule has 4 unspecified atom stereocenters. The van der Waals surface area contributed by atoms with Crippen LogP contribution in [-0.2, 0) is 4.79 Å². The summed E-state index contributed by atoms with van der Waals surface area (Å²) in [6, 6.07) is 1.74. The van der Waals surface area contributed by atoms with Crippen LogP contribution in [0.5, 0.6) is 0 Å². The molecule has 0 aromatic carbocycles. The molecule has 0 radical (unpaired) electrons. The number of piperidine rings is 1. The average molecular weight is 293 g/mol. The summed E-state index contributed by atoms with van der Waals surface area (Å²) < 4.78 is 0. The molecule has 2 aliphatic carbocycles. The largest absolute Gasteiger partial charge is 0.352 e. The Bertz CT molecular complexity index is 349. The van der Waals surface area contributed by atoms with Crippen molar-refractivity contribution in [2.45, 2.75) is 70.5 Å². The molecule has 0 spiro atoms. The third-order valence-corrected chi connectivity index (χ3v) is 6.08. The van der Waals surface area contributed by atoms with Gasteiger partial charge in [0.2, 0.25) is 5.91 Å². The maximum atomic E-state index is 12.4. The number of rotatable bonds is 5. The highest BCUT2D eigenvalue weighted by Crippen LogP contribution is 2.42. The van der Waals surface area contributed by atoms with E-state index in [4.69, 9.17) is 0 Å². The van der Waals surface area contributed by atoms with Gasteiger partial charge in [0, 0.05) is 18.1 Å². The molecule has 1 amide bonds. The number of amides is 1. The molecular weight excluding hydrogens is 262 g/mol. The van der Waals surface area contributed by atoms with Gasteiger partial charge in [-0.15, -0.1) is 0 Å². The summed E-state index contributed by atoms with van der Waals surface area (Å²) in [6.07, 6.45) is 7.83. The zero-order chi connectivity index (χ0) is 14.8. The number of carbonyl (C=O) groups is 1. The maximum absolute atomic E-state index is 12.4. The van der Waals surface area contributed by atoms with Crippen LogP contribution < -0.4 is 10.6 Å². The number of nitrogens with zero attached hydrogens (tertiary/aromatic N) is 1. The van der Waals surface area contributed by atoms with Gasteiger partial charge >= 0.3 is 0 Å². The lowest BCUT2D eigenvalue weighted by Gasteiger charge is -2.44. The summed E-state index contributed by atoms with van der Waals surface area (Å²) in [5.74, 6) is 1.58. The Hall–Kier alpha value is -0.610. The standard InChI is InChI=1S/C17H31N3O/c1-3-20(4-2)11-16(21)19-17-12-7-5-9-14(12)18-15-10-6-8-13(15)17/h12-15,17-18H,3-11H2,1-2H3,(H,19,21). The molecule has 1 saturated heterocycles. The van der Waals surface area contributed by atoms with Gasteiger partial charge in [0.05, 0.1) is 6.54 Å². The van der Waals surface area contributed by atoms with E-state index in [0.29, 0.717) is 36.5 Å². The van der Waals surface area contributed by atoms with Crippen LogP contribution in [0.4, 0.5) is 0 Å². The number of nitrogens with one attached hydrogen (secondary N) is 2. The molecule has 1 heterocycles. The highest BCUT2D eigenvalue weighted by molar-refractivity contribution is 5.78. The Morgan fingerprint density at radius 3 is 2.14 bits per heavy atom. The van der Waals surface area contributed by atoms with Crippen LogP contribution in [-0.4, -0.2) is 48.6 Å². The third kappa shape index (κ3) is 3.11. The van der Waals surface area contributed by atoms with Crippen molar-refractivity contribution >= 4 is 5.91 Å². The second-order valence-electron chi connectivity index (χ2n) is 7.12. The van der Waals surface area contributed by atoms with Crippen LogP contribution in [0.1, 0.15) is 52.4 Å². The molecular formula is C17H31N3O. The van der Waals surface area contributed by atoms with Gasteiger partial charge in [-0.25, -0.2) is 0 Å². The first-order valence-corrected chi connectivity index (χ1v) is 9.00. The highest BCUT2D eigenvalue weighted by Gasteiger charge is 2.48. The first-order valence-electron chi connectivity index (χ1n) is 9.00. The molecule has 2 saturated carbocycles. The van der Waals surface area contributed by atoms with Crippen molar-refractivity contribution in [1.29, 1.82) is 0 Å². The van der Waals surface area contributed by atoms with E-state index in [2.05, 4.69) is 29.4 Å². The topological polar surface area (TPSA) is 44.4 Å². The van der Waals surface area contributed by atoms with Gasteiger partial charge in [-0.3, -0.25) is 9.69 Å². The molecule has 3 rings (SSSR count). The van der Waals surface area contributed by atoms with Gasteiger partial charge in [0.1, 0.15) is 0 Å². The SMILES string of the molecule is CCN(CC)CC(=O)NC1C2CCCC2NC2CCCC21. The van der Waals surface area contributed by atoms with Gasteiger partial charge in [0.15, 0.2) is 0 Å². The van der Waals surface area contributed by atoms with Gasteiger partial charge in [-0.2, -0.15) is 0 Å². The highest BCUT2D eigenvalue weighted by atomic mass is 16.2. The number of hydrogen-bond acceptors (Lipinski definition) is 3. The molecule has 2 N–H and O–H groups in total. The quantitative estimate of drug-likeness (QED) is 0.812. The fourth-order valence-corrected chi connectivity index (χ4v) is 4.94. The number of likely N-dealkylation sites (N-methyl/N-ethyl adjacent to an activating group) is 1. The summed E-state index contributed by atoms with van der Waals surface area (Å²) >= 11 is 0. The molecule has 4 heteroatoms. The molecule has 120 valence electrons. The van der Waals surface area contributed by atoms with Crippen molar-refractivity contribution in [2.75, 3.05) is 19.6 Å². The van der Waals surface area contributed by atoms with Crippen molar-refractivity contribution < 1.29 is 4.79 Å². The normalized spacial score (nSPS) is 38.3. The predicted octanol–water partition coefficient (Wildman–Crippen LogP) is 1.75. The Kier molecular flexibility index (Phi) is 4.85. The lowest BCUT2D eigenvalue weighted by molar-refractivity contribution is -0.124. The van der Waals surface area contributed by atoms with Crippen LogP contribution >= 0.6 is 0 Å². The van der Waals surface area contributed by atoms with E-state index < -0.39 is 0 Å². The predicted molar refractivity (Wildman–Crippen MR) is 85.1 cm³/mol. The Morgan fingerprint density at radius 1 is 1.05 bits per heavy atom. The second-order valence-corrected chi connectivity index (χ2v) is 7.12. The Balaban J connectivity index is 1.65. The van der Waals surface area contributed by atoms with E-state index in [-0.39, 0.29) is 5.91 Å². The summed E-state index contributed by atoms with van der Waals surface area (Å²) in [5, 5.41) is 7.32. The van der Waals surface area contributed by atoms with E-state index >= 15 is 0 Å². The zero-order valence-corrected chi connectivity index (χ0v) is 13.6. The van der Waals surface area contributed by atoms with Gasteiger partial charge in [-0.05, 0) is 50.6 Å². The number of carbonyl (C=O) groups excluding carboxylic acids is 1. The average Bonchev–Trinajstić information content (AvgIpc) is 3.12. The van der Waals surface area contributed by atoms with E-state index in [1.54, 1.807) is 0 Å².